The molecule has 0 aliphatic carbocycles. The van der Waals surface area contributed by atoms with Gasteiger partial charge in [0, 0.05) is 44.2 Å². The van der Waals surface area contributed by atoms with Crippen molar-refractivity contribution in [3.63, 3.8) is 0 Å². The summed E-state index contributed by atoms with van der Waals surface area (Å²) in [5, 5.41) is 11.6. The zero-order valence-corrected chi connectivity index (χ0v) is 21.3. The van der Waals surface area contributed by atoms with Gasteiger partial charge in [0.25, 0.3) is 0 Å². The van der Waals surface area contributed by atoms with Crippen LogP contribution in [0.3, 0.4) is 0 Å². The summed E-state index contributed by atoms with van der Waals surface area (Å²) >= 11 is 1.17. The van der Waals surface area contributed by atoms with Gasteiger partial charge in [0.05, 0.1) is 10.6 Å². The molecule has 1 fully saturated rings. The van der Waals surface area contributed by atoms with E-state index in [9.17, 15) is 22.4 Å². The van der Waals surface area contributed by atoms with Gasteiger partial charge in [0.15, 0.2) is 10.9 Å². The van der Waals surface area contributed by atoms with Crippen molar-refractivity contribution in [1.29, 1.82) is 0 Å². The van der Waals surface area contributed by atoms with E-state index in [2.05, 4.69) is 15.5 Å². The van der Waals surface area contributed by atoms with Gasteiger partial charge < -0.3 is 5.32 Å². The number of amides is 1. The molecule has 0 saturated carbocycles. The van der Waals surface area contributed by atoms with Crippen LogP contribution in [0.25, 0.3) is 5.69 Å². The molecule has 1 aliphatic heterocycles. The maximum absolute atomic E-state index is 13.5. The number of sulfonamides is 1. The summed E-state index contributed by atoms with van der Waals surface area (Å²) in [6.07, 6.45) is 2.10. The Morgan fingerprint density at radius 2 is 1.69 bits per heavy atom. The summed E-state index contributed by atoms with van der Waals surface area (Å²) in [6, 6.07) is 11.8. The molecular formula is C24H26FN5O4S2. The molecule has 3 aromatic rings. The molecule has 0 atom stereocenters. The van der Waals surface area contributed by atoms with E-state index in [1.807, 2.05) is 0 Å². The number of carbonyl (C=O) groups is 2. The van der Waals surface area contributed by atoms with Crippen LogP contribution >= 0.6 is 11.8 Å². The van der Waals surface area contributed by atoms with E-state index < -0.39 is 10.0 Å². The Bertz CT molecular complexity index is 1340. The molecule has 0 radical (unpaired) electrons. The average Bonchev–Trinajstić information content (AvgIpc) is 3.54. The molecule has 12 heteroatoms. The second-order valence-electron chi connectivity index (χ2n) is 8.29. The van der Waals surface area contributed by atoms with Gasteiger partial charge in [-0.1, -0.05) is 23.9 Å². The van der Waals surface area contributed by atoms with Gasteiger partial charge in [-0.25, -0.2) is 12.8 Å². The number of hydrogen-bond donors (Lipinski definition) is 1. The van der Waals surface area contributed by atoms with Gasteiger partial charge >= 0.3 is 0 Å². The second-order valence-corrected chi connectivity index (χ2v) is 11.2. The maximum Gasteiger partial charge on any atom is 0.243 e. The highest BCUT2D eigenvalue weighted by atomic mass is 32.2. The molecule has 36 heavy (non-hydrogen) atoms. The molecule has 0 bridgehead atoms. The summed E-state index contributed by atoms with van der Waals surface area (Å²) < 4.78 is 42.1. The third-order valence-corrected chi connectivity index (χ3v) is 8.56. The number of hydrogen-bond acceptors (Lipinski definition) is 7. The number of benzene rings is 2. The molecule has 4 rings (SSSR count). The van der Waals surface area contributed by atoms with Crippen LogP contribution in [0.15, 0.2) is 58.6 Å². The van der Waals surface area contributed by atoms with Crippen molar-refractivity contribution in [2.45, 2.75) is 36.2 Å². The van der Waals surface area contributed by atoms with Crippen molar-refractivity contribution >= 4 is 33.5 Å². The minimum Gasteiger partial charge on any atom is -0.356 e. The summed E-state index contributed by atoms with van der Waals surface area (Å²) in [7, 11) is -3.54. The Morgan fingerprint density at radius 1 is 1.03 bits per heavy atom. The normalized spacial score (nSPS) is 14.2. The van der Waals surface area contributed by atoms with E-state index in [-0.39, 0.29) is 28.2 Å². The number of thioether (sulfide) groups is 1. The highest BCUT2D eigenvalue weighted by Gasteiger charge is 2.27. The summed E-state index contributed by atoms with van der Waals surface area (Å²) in [4.78, 5) is 24.2. The molecule has 1 amide bonds. The van der Waals surface area contributed by atoms with Crippen LogP contribution in [0.2, 0.25) is 0 Å². The van der Waals surface area contributed by atoms with Crippen molar-refractivity contribution < 1.29 is 22.4 Å². The van der Waals surface area contributed by atoms with Crippen molar-refractivity contribution in [1.82, 2.24) is 24.4 Å². The van der Waals surface area contributed by atoms with Crippen molar-refractivity contribution in [2.24, 2.45) is 0 Å². The first-order chi connectivity index (χ1) is 17.3. The van der Waals surface area contributed by atoms with Crippen molar-refractivity contribution in [3.8, 4) is 5.69 Å². The molecule has 1 N–H and O–H groups in total. The van der Waals surface area contributed by atoms with Gasteiger partial charge in [-0.05, 0) is 49.2 Å². The quantitative estimate of drug-likeness (QED) is 0.316. The fourth-order valence-corrected chi connectivity index (χ4v) is 6.24. The largest absolute Gasteiger partial charge is 0.356 e. The lowest BCUT2D eigenvalue weighted by Crippen LogP contribution is -2.27. The van der Waals surface area contributed by atoms with E-state index in [1.165, 1.54) is 59.4 Å². The van der Waals surface area contributed by atoms with Gasteiger partial charge in [0.2, 0.25) is 15.9 Å². The molecule has 0 spiro atoms. The fraction of sp³-hybridized carbons (Fsp3) is 0.333. The van der Waals surface area contributed by atoms with Gasteiger partial charge in [-0.3, -0.25) is 14.2 Å². The second kappa shape index (κ2) is 11.3. The molecule has 190 valence electrons. The summed E-state index contributed by atoms with van der Waals surface area (Å²) in [6.45, 7) is 2.80. The number of aromatic nitrogens is 3. The highest BCUT2D eigenvalue weighted by Crippen LogP contribution is 2.25. The maximum atomic E-state index is 13.5. The number of nitrogens with one attached hydrogen (secondary N) is 1. The average molecular weight is 532 g/mol. The highest BCUT2D eigenvalue weighted by molar-refractivity contribution is 7.99. The van der Waals surface area contributed by atoms with Crippen LogP contribution in [0.4, 0.5) is 4.39 Å². The molecule has 1 aliphatic rings. The number of carbonyl (C=O) groups excluding carboxylic acids is 2. The minimum atomic E-state index is -3.54. The van der Waals surface area contributed by atoms with Crippen LogP contribution in [-0.4, -0.2) is 64.6 Å². The Morgan fingerprint density at radius 3 is 2.33 bits per heavy atom. The van der Waals surface area contributed by atoms with E-state index in [0.717, 1.165) is 12.8 Å². The minimum absolute atomic E-state index is 0.0449. The van der Waals surface area contributed by atoms with E-state index in [1.54, 1.807) is 16.7 Å². The first kappa shape index (κ1) is 26.0. The third-order valence-electron chi connectivity index (χ3n) is 5.72. The lowest BCUT2D eigenvalue weighted by molar-refractivity contribution is -0.118. The van der Waals surface area contributed by atoms with Crippen LogP contribution in [0.1, 0.15) is 35.9 Å². The summed E-state index contributed by atoms with van der Waals surface area (Å²) in [5.41, 5.74) is 1.02. The third kappa shape index (κ3) is 6.00. The standard InChI is InChI=1S/C24H26FN5O4S2/c1-17(31)26-13-12-23-27-28-24(30(23)20-8-6-19(25)7-9-20)35-16-22(32)18-4-10-21(11-5-18)36(33,34)29-14-2-3-15-29/h4-11H,2-3,12-16H2,1H3,(H,26,31). The Hall–Kier alpha value is -3.09. The number of nitrogens with zero attached hydrogens (tertiary/aromatic N) is 4. The first-order valence-corrected chi connectivity index (χ1v) is 13.9. The lowest BCUT2D eigenvalue weighted by Gasteiger charge is -2.15. The van der Waals surface area contributed by atoms with Crippen LogP contribution in [-0.2, 0) is 21.2 Å². The smallest absolute Gasteiger partial charge is 0.243 e. The Labute approximate surface area is 213 Å². The predicted octanol–water partition coefficient (Wildman–Crippen LogP) is 2.84. The van der Waals surface area contributed by atoms with Gasteiger partial charge in [-0.15, -0.1) is 10.2 Å². The number of Topliss-reactive ketones (excluding diaryl/α,β-unsaturated/α-hetero) is 1. The van der Waals surface area contributed by atoms with Crippen LogP contribution in [0, 0.1) is 5.82 Å². The van der Waals surface area contributed by atoms with Crippen LogP contribution < -0.4 is 5.32 Å². The monoisotopic (exact) mass is 531 g/mol. The molecule has 0 unspecified atom stereocenters. The summed E-state index contributed by atoms with van der Waals surface area (Å²) in [5.74, 6) is -0.141. The lowest BCUT2D eigenvalue weighted by atomic mass is 10.1. The Balaban J connectivity index is 1.48. The topological polar surface area (TPSA) is 114 Å². The van der Waals surface area contributed by atoms with E-state index >= 15 is 0 Å². The van der Waals surface area contributed by atoms with Crippen molar-refractivity contribution in [2.75, 3.05) is 25.4 Å². The zero-order chi connectivity index (χ0) is 25.7. The zero-order valence-electron chi connectivity index (χ0n) is 19.7. The molecule has 1 saturated heterocycles. The number of ketones is 1. The van der Waals surface area contributed by atoms with Crippen LogP contribution in [0.5, 0.6) is 0 Å². The number of rotatable bonds is 10. The molecule has 2 heterocycles. The van der Waals surface area contributed by atoms with Crippen molar-refractivity contribution in [3.05, 3.63) is 65.7 Å². The molecule has 9 nitrogen and oxygen atoms in total. The first-order valence-electron chi connectivity index (χ1n) is 11.5. The molecular weight excluding hydrogens is 505 g/mol. The number of halogens is 1. The fourth-order valence-electron chi connectivity index (χ4n) is 3.86. The predicted molar refractivity (Wildman–Crippen MR) is 133 cm³/mol. The SMILES string of the molecule is CC(=O)NCCc1nnc(SCC(=O)c2ccc(S(=O)(=O)N3CCCC3)cc2)n1-c1ccc(F)cc1. The van der Waals surface area contributed by atoms with Gasteiger partial charge in [-0.2, -0.15) is 4.31 Å². The van der Waals surface area contributed by atoms with E-state index in [0.29, 0.717) is 48.3 Å². The molecule has 1 aromatic heterocycles. The van der Waals surface area contributed by atoms with E-state index in [4.69, 9.17) is 0 Å². The Kier molecular flexibility index (Phi) is 8.17. The van der Waals surface area contributed by atoms with Gasteiger partial charge in [0.1, 0.15) is 11.6 Å². The molecule has 2 aromatic carbocycles.